The van der Waals surface area contributed by atoms with Crippen molar-refractivity contribution in [1.29, 1.82) is 0 Å². The maximum atomic E-state index is 12.4. The van der Waals surface area contributed by atoms with E-state index in [1.54, 1.807) is 24.0 Å². The summed E-state index contributed by atoms with van der Waals surface area (Å²) in [5, 5.41) is 3.65. The maximum absolute atomic E-state index is 12.4. The molecule has 0 unspecified atom stereocenters. The number of sulfonamides is 1. The van der Waals surface area contributed by atoms with E-state index in [1.165, 1.54) is 13.0 Å². The monoisotopic (exact) mass is 350 g/mol. The highest BCUT2D eigenvalue weighted by atomic mass is 32.2. The van der Waals surface area contributed by atoms with Crippen LogP contribution in [0.4, 0.5) is 5.69 Å². The van der Waals surface area contributed by atoms with E-state index in [0.717, 1.165) is 11.3 Å². The molecule has 3 rings (SSSR count). The van der Waals surface area contributed by atoms with Crippen LogP contribution in [0.1, 0.15) is 31.1 Å². The minimum absolute atomic E-state index is 0.0192. The van der Waals surface area contributed by atoms with E-state index in [9.17, 15) is 13.2 Å². The Morgan fingerprint density at radius 1 is 1.46 bits per heavy atom. The number of aromatic nitrogens is 2. The molecule has 1 amide bonds. The number of hydrogen-bond acceptors (Lipinski definition) is 6. The molecule has 1 aliphatic rings. The lowest BCUT2D eigenvalue weighted by Gasteiger charge is -2.20. The van der Waals surface area contributed by atoms with Crippen molar-refractivity contribution in [2.75, 3.05) is 4.90 Å². The van der Waals surface area contributed by atoms with Crippen LogP contribution in [0.5, 0.6) is 0 Å². The molecule has 1 aliphatic heterocycles. The van der Waals surface area contributed by atoms with Crippen LogP contribution >= 0.6 is 0 Å². The van der Waals surface area contributed by atoms with Crippen molar-refractivity contribution in [2.45, 2.75) is 44.7 Å². The summed E-state index contributed by atoms with van der Waals surface area (Å²) in [4.78, 5) is 17.5. The number of carbonyl (C=O) groups excluding carboxylic acids is 1. The largest absolute Gasteiger partial charge is 0.340 e. The number of aryl methyl sites for hydroxylation is 1. The fourth-order valence-electron chi connectivity index (χ4n) is 2.91. The molecule has 0 spiro atoms. The van der Waals surface area contributed by atoms with Crippen molar-refractivity contribution in [3.8, 4) is 0 Å². The standard InChI is InChI=1S/C15H18N4O4S/c1-9-6-12-7-13(4-5-14(12)19(9)11(3)20)24(21,22)16-8-15-17-10(2)23-18-15/h4-5,7,9,16H,6,8H2,1-3H3/t9-/m1/s1. The van der Waals surface area contributed by atoms with Gasteiger partial charge in [0.15, 0.2) is 5.82 Å². The molecule has 1 N–H and O–H groups in total. The van der Waals surface area contributed by atoms with Gasteiger partial charge in [-0.25, -0.2) is 13.1 Å². The van der Waals surface area contributed by atoms with Gasteiger partial charge in [-0.2, -0.15) is 4.98 Å². The topological polar surface area (TPSA) is 105 Å². The zero-order chi connectivity index (χ0) is 17.5. The van der Waals surface area contributed by atoms with Crippen LogP contribution in [0.25, 0.3) is 0 Å². The highest BCUT2D eigenvalue weighted by Gasteiger charge is 2.30. The SMILES string of the molecule is CC(=O)N1c2ccc(S(=O)(=O)NCc3noc(C)n3)cc2C[C@H]1C. The Bertz CT molecular complexity index is 891. The third kappa shape index (κ3) is 3.04. The van der Waals surface area contributed by atoms with E-state index in [4.69, 9.17) is 4.52 Å². The molecular weight excluding hydrogens is 332 g/mol. The number of nitrogens with one attached hydrogen (secondary N) is 1. The fourth-order valence-corrected chi connectivity index (χ4v) is 3.94. The number of fused-ring (bicyclic) bond motifs is 1. The maximum Gasteiger partial charge on any atom is 0.240 e. The van der Waals surface area contributed by atoms with Crippen molar-refractivity contribution in [3.05, 3.63) is 35.5 Å². The Balaban J connectivity index is 1.82. The van der Waals surface area contributed by atoms with Crippen molar-refractivity contribution < 1.29 is 17.7 Å². The molecule has 0 fully saturated rings. The molecule has 1 aromatic carbocycles. The van der Waals surface area contributed by atoms with Gasteiger partial charge in [0.1, 0.15) is 0 Å². The first-order valence-corrected chi connectivity index (χ1v) is 8.98. The van der Waals surface area contributed by atoms with E-state index in [-0.39, 0.29) is 29.2 Å². The van der Waals surface area contributed by atoms with Crippen LogP contribution in [0.2, 0.25) is 0 Å². The summed E-state index contributed by atoms with van der Waals surface area (Å²) in [6.45, 7) is 5.03. The second-order valence-electron chi connectivity index (χ2n) is 5.79. The van der Waals surface area contributed by atoms with Crippen LogP contribution in [0, 0.1) is 6.92 Å². The van der Waals surface area contributed by atoms with E-state index < -0.39 is 10.0 Å². The van der Waals surface area contributed by atoms with E-state index in [0.29, 0.717) is 12.3 Å². The molecule has 2 aromatic rings. The first-order valence-electron chi connectivity index (χ1n) is 7.49. The lowest BCUT2D eigenvalue weighted by Crippen LogP contribution is -2.33. The number of nitrogens with zero attached hydrogens (tertiary/aromatic N) is 3. The smallest absolute Gasteiger partial charge is 0.240 e. The van der Waals surface area contributed by atoms with E-state index in [2.05, 4.69) is 14.9 Å². The summed E-state index contributed by atoms with van der Waals surface area (Å²) in [5.41, 5.74) is 1.61. The first kappa shape index (κ1) is 16.6. The Morgan fingerprint density at radius 3 is 2.83 bits per heavy atom. The minimum Gasteiger partial charge on any atom is -0.340 e. The molecule has 0 aliphatic carbocycles. The molecule has 1 aromatic heterocycles. The van der Waals surface area contributed by atoms with Gasteiger partial charge < -0.3 is 9.42 Å². The molecule has 0 saturated carbocycles. The van der Waals surface area contributed by atoms with Crippen LogP contribution in [0.3, 0.4) is 0 Å². The molecule has 0 radical (unpaired) electrons. The van der Waals surface area contributed by atoms with Crippen LogP contribution in [0.15, 0.2) is 27.6 Å². The highest BCUT2D eigenvalue weighted by molar-refractivity contribution is 7.89. The van der Waals surface area contributed by atoms with Gasteiger partial charge in [-0.1, -0.05) is 5.16 Å². The highest BCUT2D eigenvalue weighted by Crippen LogP contribution is 2.33. The Labute approximate surface area is 139 Å². The lowest BCUT2D eigenvalue weighted by molar-refractivity contribution is -0.116. The number of anilines is 1. The van der Waals surface area contributed by atoms with Crippen LogP contribution in [-0.2, 0) is 27.8 Å². The molecule has 24 heavy (non-hydrogen) atoms. The van der Waals surface area contributed by atoms with Gasteiger partial charge in [-0.3, -0.25) is 4.79 Å². The molecule has 0 saturated heterocycles. The van der Waals surface area contributed by atoms with Gasteiger partial charge in [-0.05, 0) is 37.1 Å². The van der Waals surface area contributed by atoms with Gasteiger partial charge in [0, 0.05) is 25.6 Å². The fraction of sp³-hybridized carbons (Fsp3) is 0.400. The zero-order valence-electron chi connectivity index (χ0n) is 13.6. The minimum atomic E-state index is -3.70. The van der Waals surface area contributed by atoms with Crippen LogP contribution < -0.4 is 9.62 Å². The summed E-state index contributed by atoms with van der Waals surface area (Å²) in [6, 6.07) is 4.80. The quantitative estimate of drug-likeness (QED) is 0.887. The first-order chi connectivity index (χ1) is 11.3. The molecule has 128 valence electrons. The van der Waals surface area contributed by atoms with Gasteiger partial charge in [0.25, 0.3) is 0 Å². The van der Waals surface area contributed by atoms with Crippen molar-refractivity contribution in [3.63, 3.8) is 0 Å². The Kier molecular flexibility index (Phi) is 4.14. The lowest BCUT2D eigenvalue weighted by atomic mass is 10.1. The zero-order valence-corrected chi connectivity index (χ0v) is 14.4. The van der Waals surface area contributed by atoms with Gasteiger partial charge in [0.2, 0.25) is 21.8 Å². The predicted molar refractivity (Wildman–Crippen MR) is 85.8 cm³/mol. The van der Waals surface area contributed by atoms with Crippen molar-refractivity contribution in [1.82, 2.24) is 14.9 Å². The Morgan fingerprint density at radius 2 is 2.21 bits per heavy atom. The molecule has 0 bridgehead atoms. The van der Waals surface area contributed by atoms with Crippen molar-refractivity contribution in [2.24, 2.45) is 0 Å². The predicted octanol–water partition coefficient (Wildman–Crippen LogP) is 1.15. The molecule has 9 heteroatoms. The third-order valence-electron chi connectivity index (χ3n) is 3.91. The number of hydrogen-bond donors (Lipinski definition) is 1. The number of carbonyl (C=O) groups is 1. The van der Waals surface area contributed by atoms with Gasteiger partial charge in [0.05, 0.1) is 11.4 Å². The third-order valence-corrected chi connectivity index (χ3v) is 5.30. The number of rotatable bonds is 4. The molecule has 1 atom stereocenters. The number of benzene rings is 1. The second kappa shape index (κ2) is 5.99. The second-order valence-corrected chi connectivity index (χ2v) is 7.55. The summed E-state index contributed by atoms with van der Waals surface area (Å²) >= 11 is 0. The molecule has 8 nitrogen and oxygen atoms in total. The summed E-state index contributed by atoms with van der Waals surface area (Å²) in [7, 11) is -3.70. The van der Waals surface area contributed by atoms with E-state index in [1.807, 2.05) is 6.92 Å². The summed E-state index contributed by atoms with van der Waals surface area (Å²) < 4.78 is 32.1. The summed E-state index contributed by atoms with van der Waals surface area (Å²) in [6.07, 6.45) is 0.627. The average Bonchev–Trinajstić information content (AvgIpc) is 3.06. The normalized spacial score (nSPS) is 17.1. The van der Waals surface area contributed by atoms with Crippen molar-refractivity contribution >= 4 is 21.6 Å². The van der Waals surface area contributed by atoms with E-state index >= 15 is 0 Å². The number of amides is 1. The van der Waals surface area contributed by atoms with Gasteiger partial charge in [-0.15, -0.1) is 0 Å². The molecular formula is C15H18N4O4S. The van der Waals surface area contributed by atoms with Gasteiger partial charge >= 0.3 is 0 Å². The molecule has 2 heterocycles. The summed E-state index contributed by atoms with van der Waals surface area (Å²) in [5.74, 6) is 0.594. The Hall–Kier alpha value is -2.26. The van der Waals surface area contributed by atoms with Crippen LogP contribution in [-0.4, -0.2) is 30.5 Å². The average molecular weight is 350 g/mol.